The Kier molecular flexibility index (Phi) is 5.49. The second-order valence-electron chi connectivity index (χ2n) is 6.64. The van der Waals surface area contributed by atoms with Gasteiger partial charge in [-0.3, -0.25) is 4.79 Å². The van der Waals surface area contributed by atoms with Crippen molar-refractivity contribution in [2.45, 2.75) is 51.7 Å². The van der Waals surface area contributed by atoms with E-state index in [1.165, 1.54) is 0 Å². The van der Waals surface area contributed by atoms with Crippen LogP contribution in [0, 0.1) is 6.92 Å². The van der Waals surface area contributed by atoms with Crippen molar-refractivity contribution in [3.05, 3.63) is 29.3 Å². The Morgan fingerprint density at radius 3 is 2.58 bits per heavy atom. The first-order chi connectivity index (χ1) is 11.2. The smallest absolute Gasteiger partial charge is 0.331 e. The van der Waals surface area contributed by atoms with E-state index in [-0.39, 0.29) is 18.9 Å². The van der Waals surface area contributed by atoms with Crippen LogP contribution in [0.15, 0.2) is 18.2 Å². The van der Waals surface area contributed by atoms with Gasteiger partial charge in [-0.1, -0.05) is 26.0 Å². The Morgan fingerprint density at radius 1 is 1.33 bits per heavy atom. The average Bonchev–Trinajstić information content (AvgIpc) is 2.96. The summed E-state index contributed by atoms with van der Waals surface area (Å²) in [5.41, 5.74) is 0.688. The molecule has 6 heteroatoms. The Balaban J connectivity index is 2.12. The Morgan fingerprint density at radius 2 is 2.04 bits per heavy atom. The molecule has 132 valence electrons. The molecular weight excluding hydrogens is 310 g/mol. The zero-order valence-corrected chi connectivity index (χ0v) is 14.6. The van der Waals surface area contributed by atoms with Crippen molar-refractivity contribution in [1.29, 1.82) is 0 Å². The van der Waals surface area contributed by atoms with Gasteiger partial charge in [-0.25, -0.2) is 4.79 Å². The lowest BCUT2D eigenvalue weighted by molar-refractivity contribution is -0.148. The van der Waals surface area contributed by atoms with Crippen molar-refractivity contribution in [3.63, 3.8) is 0 Å². The summed E-state index contributed by atoms with van der Waals surface area (Å²) in [6.45, 7) is 7.97. The van der Waals surface area contributed by atoms with Crippen LogP contribution in [0.3, 0.4) is 0 Å². The van der Waals surface area contributed by atoms with Crippen molar-refractivity contribution in [2.75, 3.05) is 13.2 Å². The van der Waals surface area contributed by atoms with E-state index in [4.69, 9.17) is 9.47 Å². The lowest BCUT2D eigenvalue weighted by Gasteiger charge is -2.26. The highest BCUT2D eigenvalue weighted by Gasteiger charge is 2.44. The fourth-order valence-electron chi connectivity index (χ4n) is 2.69. The fraction of sp³-hybridized carbons (Fsp3) is 0.556. The number of carboxylic acids is 1. The van der Waals surface area contributed by atoms with Crippen LogP contribution in [0.2, 0.25) is 0 Å². The summed E-state index contributed by atoms with van der Waals surface area (Å²) in [5.74, 6) is -0.637. The number of carbonyl (C=O) groups excluding carboxylic acids is 1. The molecule has 1 amide bonds. The molecule has 1 aromatic rings. The summed E-state index contributed by atoms with van der Waals surface area (Å²) in [5, 5.41) is 12.0. The van der Waals surface area contributed by atoms with Gasteiger partial charge >= 0.3 is 5.97 Å². The molecular formula is C18H25NO5. The second kappa shape index (κ2) is 7.21. The number of carbonyl (C=O) groups is 2. The van der Waals surface area contributed by atoms with Gasteiger partial charge in [0.2, 0.25) is 0 Å². The van der Waals surface area contributed by atoms with E-state index in [0.29, 0.717) is 12.4 Å². The highest BCUT2D eigenvalue weighted by Crippen LogP contribution is 2.28. The second-order valence-corrected chi connectivity index (χ2v) is 6.64. The molecule has 6 nitrogen and oxygen atoms in total. The summed E-state index contributed by atoms with van der Waals surface area (Å²) in [7, 11) is 0. The molecule has 0 aliphatic carbocycles. The summed E-state index contributed by atoms with van der Waals surface area (Å²) in [6, 6.07) is 5.89. The molecule has 24 heavy (non-hydrogen) atoms. The van der Waals surface area contributed by atoms with Gasteiger partial charge in [0.1, 0.15) is 5.75 Å². The number of nitrogens with one attached hydrogen (secondary N) is 1. The van der Waals surface area contributed by atoms with Crippen molar-refractivity contribution >= 4 is 11.9 Å². The largest absolute Gasteiger partial charge is 0.481 e. The maximum atomic E-state index is 12.4. The van der Waals surface area contributed by atoms with Gasteiger partial charge in [0, 0.05) is 13.0 Å². The molecule has 0 spiro atoms. The molecule has 0 bridgehead atoms. The minimum Gasteiger partial charge on any atom is -0.481 e. The van der Waals surface area contributed by atoms with E-state index in [1.54, 1.807) is 6.92 Å². The first-order valence-electron chi connectivity index (χ1n) is 8.15. The van der Waals surface area contributed by atoms with E-state index in [0.717, 1.165) is 11.1 Å². The van der Waals surface area contributed by atoms with Gasteiger partial charge in [0.15, 0.2) is 11.6 Å². The van der Waals surface area contributed by atoms with E-state index in [2.05, 4.69) is 19.2 Å². The predicted octanol–water partition coefficient (Wildman–Crippen LogP) is 2.25. The van der Waals surface area contributed by atoms with E-state index in [1.807, 2.05) is 25.1 Å². The van der Waals surface area contributed by atoms with Crippen LogP contribution < -0.4 is 10.1 Å². The van der Waals surface area contributed by atoms with Crippen LogP contribution in [0.25, 0.3) is 0 Å². The van der Waals surface area contributed by atoms with Crippen molar-refractivity contribution < 1.29 is 24.2 Å². The summed E-state index contributed by atoms with van der Waals surface area (Å²) in [4.78, 5) is 23.9. The fourth-order valence-corrected chi connectivity index (χ4v) is 2.69. The molecule has 1 aromatic carbocycles. The molecule has 1 fully saturated rings. The number of rotatable bonds is 6. The lowest BCUT2D eigenvalue weighted by atomic mass is 9.98. The molecule has 1 heterocycles. The third-order valence-electron chi connectivity index (χ3n) is 4.26. The van der Waals surface area contributed by atoms with E-state index in [9.17, 15) is 14.7 Å². The van der Waals surface area contributed by atoms with Crippen LogP contribution in [-0.4, -0.2) is 41.8 Å². The molecule has 2 atom stereocenters. The van der Waals surface area contributed by atoms with E-state index >= 15 is 0 Å². The third kappa shape index (κ3) is 3.87. The summed E-state index contributed by atoms with van der Waals surface area (Å²) >= 11 is 0. The number of carboxylic acid groups (broad SMARTS) is 1. The van der Waals surface area contributed by atoms with Gasteiger partial charge in [-0.2, -0.15) is 0 Å². The highest BCUT2D eigenvalue weighted by atomic mass is 16.5. The number of benzene rings is 1. The van der Waals surface area contributed by atoms with Crippen LogP contribution in [-0.2, 0) is 14.3 Å². The Hall–Kier alpha value is -2.08. The zero-order chi connectivity index (χ0) is 17.9. The average molecular weight is 335 g/mol. The van der Waals surface area contributed by atoms with Gasteiger partial charge < -0.3 is 19.9 Å². The maximum absolute atomic E-state index is 12.4. The van der Waals surface area contributed by atoms with Crippen molar-refractivity contribution in [2.24, 2.45) is 0 Å². The molecule has 1 aliphatic heterocycles. The highest BCUT2D eigenvalue weighted by molar-refractivity contribution is 5.89. The van der Waals surface area contributed by atoms with Crippen molar-refractivity contribution in [3.8, 4) is 5.75 Å². The third-order valence-corrected chi connectivity index (χ3v) is 4.26. The molecule has 0 radical (unpaired) electrons. The molecule has 1 saturated heterocycles. The van der Waals surface area contributed by atoms with Crippen LogP contribution >= 0.6 is 0 Å². The number of hydrogen-bond acceptors (Lipinski definition) is 4. The molecule has 1 aliphatic rings. The number of aryl methyl sites for hydroxylation is 1. The minimum atomic E-state index is -1.36. The predicted molar refractivity (Wildman–Crippen MR) is 89.3 cm³/mol. The normalized spacial score (nSPS) is 21.5. The lowest BCUT2D eigenvalue weighted by Crippen LogP contribution is -2.57. The van der Waals surface area contributed by atoms with Gasteiger partial charge in [0.05, 0.1) is 6.61 Å². The van der Waals surface area contributed by atoms with Crippen LogP contribution in [0.5, 0.6) is 5.75 Å². The van der Waals surface area contributed by atoms with E-state index < -0.39 is 23.5 Å². The first kappa shape index (κ1) is 18.3. The van der Waals surface area contributed by atoms with Gasteiger partial charge in [-0.15, -0.1) is 0 Å². The summed E-state index contributed by atoms with van der Waals surface area (Å²) in [6.07, 6.45) is -0.552. The Labute approximate surface area is 142 Å². The number of ether oxygens (including phenoxy) is 2. The molecule has 2 N–H and O–H groups in total. The van der Waals surface area contributed by atoms with Crippen molar-refractivity contribution in [1.82, 2.24) is 5.32 Å². The number of amides is 1. The minimum absolute atomic E-state index is 0.0253. The van der Waals surface area contributed by atoms with Crippen LogP contribution in [0.1, 0.15) is 44.2 Å². The number of hydrogen-bond donors (Lipinski definition) is 2. The molecule has 0 aromatic heterocycles. The quantitative estimate of drug-likeness (QED) is 0.833. The maximum Gasteiger partial charge on any atom is 0.331 e. The van der Waals surface area contributed by atoms with Gasteiger partial charge in [-0.05, 0) is 37.0 Å². The Bertz CT molecular complexity index is 620. The number of aliphatic carboxylic acids is 1. The van der Waals surface area contributed by atoms with Gasteiger partial charge in [0.25, 0.3) is 5.91 Å². The molecule has 2 rings (SSSR count). The molecule has 0 saturated carbocycles. The summed E-state index contributed by atoms with van der Waals surface area (Å²) < 4.78 is 11.0. The molecule has 2 unspecified atom stereocenters. The standard InChI is InChI=1S/C18H25NO5/c1-11(2)14-6-5-12(3)9-15(14)24-13(4)16(20)19-18(17(21)22)7-8-23-10-18/h5-6,9,11,13H,7-8,10H2,1-4H3,(H,19,20)(H,21,22). The zero-order valence-electron chi connectivity index (χ0n) is 14.6. The topological polar surface area (TPSA) is 84.9 Å². The first-order valence-corrected chi connectivity index (χ1v) is 8.15. The van der Waals surface area contributed by atoms with Crippen LogP contribution in [0.4, 0.5) is 0 Å². The SMILES string of the molecule is Cc1ccc(C(C)C)c(OC(C)C(=O)NC2(C(=O)O)CCOC2)c1. The monoisotopic (exact) mass is 335 g/mol.